The minimum atomic E-state index is -1.68. The second-order valence-electron chi connectivity index (χ2n) is 3.82. The summed E-state index contributed by atoms with van der Waals surface area (Å²) < 4.78 is 1.40. The summed E-state index contributed by atoms with van der Waals surface area (Å²) in [6.45, 7) is 0.939. The lowest BCUT2D eigenvalue weighted by Crippen LogP contribution is -2.42. The van der Waals surface area contributed by atoms with Crippen LogP contribution in [0.2, 0.25) is 0 Å². The Bertz CT molecular complexity index is 350. The van der Waals surface area contributed by atoms with E-state index in [2.05, 4.69) is 10.1 Å². The van der Waals surface area contributed by atoms with Gasteiger partial charge in [-0.15, -0.1) is 0 Å². The number of aliphatic hydroxyl groups is 5. The highest BCUT2D eigenvalue weighted by atomic mass is 16.4. The molecule has 0 saturated carbocycles. The minimum Gasteiger partial charge on any atom is -0.394 e. The maximum atomic E-state index is 9.70. The molecule has 4 atom stereocenters. The molecular formula is C9H17N3O5. The van der Waals surface area contributed by atoms with Gasteiger partial charge >= 0.3 is 0 Å². The minimum absolute atomic E-state index is 0.0540. The van der Waals surface area contributed by atoms with Crippen molar-refractivity contribution < 1.29 is 25.5 Å². The summed E-state index contributed by atoms with van der Waals surface area (Å²) in [7, 11) is 1.62. The van der Waals surface area contributed by atoms with Crippen LogP contribution in [0, 0.1) is 6.92 Å². The molecule has 98 valence electrons. The third-order valence-corrected chi connectivity index (χ3v) is 2.52. The Morgan fingerprint density at radius 2 is 1.76 bits per heavy atom. The van der Waals surface area contributed by atoms with Crippen LogP contribution in [0.4, 0.5) is 0 Å². The van der Waals surface area contributed by atoms with Crippen molar-refractivity contribution in [3.8, 4) is 0 Å². The molecule has 0 aromatic carbocycles. The summed E-state index contributed by atoms with van der Waals surface area (Å²) in [5.74, 6) is 0.477. The average Bonchev–Trinajstić information content (AvgIpc) is 2.65. The largest absolute Gasteiger partial charge is 0.394 e. The molecule has 0 spiro atoms. The number of aryl methyl sites for hydroxylation is 2. The van der Waals surface area contributed by atoms with E-state index >= 15 is 0 Å². The van der Waals surface area contributed by atoms with E-state index in [0.717, 1.165) is 0 Å². The topological polar surface area (TPSA) is 132 Å². The van der Waals surface area contributed by atoms with Gasteiger partial charge in [-0.1, -0.05) is 0 Å². The quantitative estimate of drug-likeness (QED) is 0.380. The maximum Gasteiger partial charge on any atom is 0.182 e. The first-order valence-corrected chi connectivity index (χ1v) is 5.09. The Morgan fingerprint density at radius 3 is 2.18 bits per heavy atom. The van der Waals surface area contributed by atoms with Crippen LogP contribution in [0.1, 0.15) is 17.8 Å². The van der Waals surface area contributed by atoms with Crippen LogP contribution < -0.4 is 0 Å². The molecule has 0 unspecified atom stereocenters. The lowest BCUT2D eigenvalue weighted by Gasteiger charge is -2.23. The van der Waals surface area contributed by atoms with E-state index in [1.54, 1.807) is 14.0 Å². The molecule has 17 heavy (non-hydrogen) atoms. The van der Waals surface area contributed by atoms with Crippen LogP contribution >= 0.6 is 0 Å². The van der Waals surface area contributed by atoms with Gasteiger partial charge in [-0.25, -0.2) is 4.98 Å². The van der Waals surface area contributed by atoms with E-state index in [4.69, 9.17) is 10.2 Å². The van der Waals surface area contributed by atoms with Gasteiger partial charge in [0.2, 0.25) is 0 Å². The molecule has 0 saturated heterocycles. The van der Waals surface area contributed by atoms with E-state index in [1.165, 1.54) is 4.68 Å². The Hall–Kier alpha value is -1.06. The van der Waals surface area contributed by atoms with E-state index in [9.17, 15) is 15.3 Å². The zero-order valence-electron chi connectivity index (χ0n) is 9.59. The first kappa shape index (κ1) is 14.0. The zero-order chi connectivity index (χ0) is 13.2. The second kappa shape index (κ2) is 5.52. The number of aromatic nitrogens is 3. The SMILES string of the molecule is Cc1nc([C@@H](O)[C@H](O)[C@H](O)[C@H](O)CO)nn1C. The molecule has 5 N–H and O–H groups in total. The van der Waals surface area contributed by atoms with Crippen LogP contribution in [-0.2, 0) is 7.05 Å². The highest BCUT2D eigenvalue weighted by Crippen LogP contribution is 2.17. The fraction of sp³-hybridized carbons (Fsp3) is 0.778. The van der Waals surface area contributed by atoms with Gasteiger partial charge in [0, 0.05) is 7.05 Å². The predicted octanol–water partition coefficient (Wildman–Crippen LogP) is -2.77. The van der Waals surface area contributed by atoms with Crippen molar-refractivity contribution >= 4 is 0 Å². The van der Waals surface area contributed by atoms with E-state index in [0.29, 0.717) is 5.82 Å². The number of rotatable bonds is 5. The number of hydrogen-bond donors (Lipinski definition) is 5. The van der Waals surface area contributed by atoms with Crippen LogP contribution in [0.3, 0.4) is 0 Å². The molecule has 0 radical (unpaired) electrons. The molecule has 0 aliphatic carbocycles. The van der Waals surface area contributed by atoms with Crippen LogP contribution in [0.25, 0.3) is 0 Å². The summed E-state index contributed by atoms with van der Waals surface area (Å²) in [6, 6.07) is 0. The molecule has 8 heteroatoms. The standard InChI is InChI=1S/C9H17N3O5/c1-4-10-9(11-12(4)2)8(17)7(16)6(15)5(14)3-13/h5-8,13-17H,3H2,1-2H3/t5-,6-,7-,8+/m1/s1. The van der Waals surface area contributed by atoms with E-state index in [-0.39, 0.29) is 5.82 Å². The Morgan fingerprint density at radius 1 is 1.18 bits per heavy atom. The van der Waals surface area contributed by atoms with Crippen molar-refractivity contribution in [2.24, 2.45) is 7.05 Å². The number of aliphatic hydroxyl groups excluding tert-OH is 5. The second-order valence-corrected chi connectivity index (χ2v) is 3.82. The molecule has 8 nitrogen and oxygen atoms in total. The fourth-order valence-corrected chi connectivity index (χ4v) is 1.29. The van der Waals surface area contributed by atoms with Crippen LogP contribution in [0.5, 0.6) is 0 Å². The number of nitrogens with zero attached hydrogens (tertiary/aromatic N) is 3. The van der Waals surface area contributed by atoms with Gasteiger partial charge in [0.05, 0.1) is 6.61 Å². The van der Waals surface area contributed by atoms with Gasteiger partial charge in [0.25, 0.3) is 0 Å². The molecule has 0 bridgehead atoms. The lowest BCUT2D eigenvalue weighted by molar-refractivity contribution is -0.118. The first-order chi connectivity index (χ1) is 7.88. The van der Waals surface area contributed by atoms with E-state index in [1.807, 2.05) is 0 Å². The highest BCUT2D eigenvalue weighted by molar-refractivity contribution is 4.98. The summed E-state index contributed by atoms with van der Waals surface area (Å²) in [5.41, 5.74) is 0. The highest BCUT2D eigenvalue weighted by Gasteiger charge is 2.33. The van der Waals surface area contributed by atoms with E-state index < -0.39 is 31.0 Å². The Balaban J connectivity index is 2.78. The van der Waals surface area contributed by atoms with Gasteiger partial charge in [-0.05, 0) is 6.92 Å². The van der Waals surface area contributed by atoms with Crippen molar-refractivity contribution in [2.45, 2.75) is 31.3 Å². The predicted molar refractivity (Wildman–Crippen MR) is 55.8 cm³/mol. The van der Waals surface area contributed by atoms with Gasteiger partial charge in [-0.3, -0.25) is 4.68 Å². The molecule has 1 rings (SSSR count). The van der Waals surface area contributed by atoms with Gasteiger partial charge in [0.1, 0.15) is 30.2 Å². The molecule has 0 aliphatic rings. The monoisotopic (exact) mass is 247 g/mol. The van der Waals surface area contributed by atoms with Gasteiger partial charge in [-0.2, -0.15) is 5.10 Å². The molecular weight excluding hydrogens is 230 g/mol. The molecule has 0 fully saturated rings. The van der Waals surface area contributed by atoms with Crippen molar-refractivity contribution in [1.29, 1.82) is 0 Å². The van der Waals surface area contributed by atoms with Crippen molar-refractivity contribution in [3.63, 3.8) is 0 Å². The Labute approximate surface area is 97.8 Å². The first-order valence-electron chi connectivity index (χ1n) is 5.09. The smallest absolute Gasteiger partial charge is 0.182 e. The van der Waals surface area contributed by atoms with Gasteiger partial charge < -0.3 is 25.5 Å². The number of hydrogen-bond acceptors (Lipinski definition) is 7. The molecule has 1 aromatic heterocycles. The summed E-state index contributed by atoms with van der Waals surface area (Å²) >= 11 is 0. The fourth-order valence-electron chi connectivity index (χ4n) is 1.29. The molecule has 0 aliphatic heterocycles. The molecule has 1 heterocycles. The average molecular weight is 247 g/mol. The van der Waals surface area contributed by atoms with Crippen LogP contribution in [-0.4, -0.2) is 65.2 Å². The normalized spacial score (nSPS) is 18.8. The van der Waals surface area contributed by atoms with Crippen LogP contribution in [0.15, 0.2) is 0 Å². The maximum absolute atomic E-state index is 9.70. The third-order valence-electron chi connectivity index (χ3n) is 2.52. The summed E-state index contributed by atoms with van der Waals surface area (Å²) in [6.07, 6.45) is -6.44. The van der Waals surface area contributed by atoms with Crippen molar-refractivity contribution in [3.05, 3.63) is 11.6 Å². The summed E-state index contributed by atoms with van der Waals surface area (Å²) in [5, 5.41) is 50.3. The molecule has 1 aromatic rings. The third kappa shape index (κ3) is 2.99. The lowest BCUT2D eigenvalue weighted by atomic mass is 10.0. The van der Waals surface area contributed by atoms with Crippen molar-refractivity contribution in [1.82, 2.24) is 14.8 Å². The van der Waals surface area contributed by atoms with Gasteiger partial charge in [0.15, 0.2) is 5.82 Å². The van der Waals surface area contributed by atoms with Crippen molar-refractivity contribution in [2.75, 3.05) is 6.61 Å². The Kier molecular flexibility index (Phi) is 4.54. The zero-order valence-corrected chi connectivity index (χ0v) is 9.59. The summed E-state index contributed by atoms with van der Waals surface area (Å²) in [4.78, 5) is 3.89. The molecule has 0 amide bonds.